The molecule has 7 heteroatoms. The Balaban J connectivity index is 1.97. The number of carbonyl (C=O) groups excluding carboxylic acids is 1. The van der Waals surface area contributed by atoms with E-state index < -0.39 is 0 Å². The predicted octanol–water partition coefficient (Wildman–Crippen LogP) is 1.57. The van der Waals surface area contributed by atoms with Crippen LogP contribution in [0.1, 0.15) is 6.92 Å². The summed E-state index contributed by atoms with van der Waals surface area (Å²) in [6.07, 6.45) is 4.98. The monoisotopic (exact) mass is 296 g/mol. The highest BCUT2D eigenvalue weighted by atomic mass is 16.2. The van der Waals surface area contributed by atoms with Gasteiger partial charge >= 0.3 is 0 Å². The van der Waals surface area contributed by atoms with Crippen LogP contribution >= 0.6 is 0 Å². The number of fused-ring (bicyclic) bond motifs is 1. The Morgan fingerprint density at radius 1 is 1.23 bits per heavy atom. The lowest BCUT2D eigenvalue weighted by molar-refractivity contribution is -0.117. The van der Waals surface area contributed by atoms with Crippen LogP contribution in [0.5, 0.6) is 0 Å². The van der Waals surface area contributed by atoms with Crippen molar-refractivity contribution in [1.82, 2.24) is 25.5 Å². The number of rotatable bonds is 4. The molecule has 112 valence electrons. The summed E-state index contributed by atoms with van der Waals surface area (Å²) in [5.74, 6) is 0.380. The number of nitrogens with zero attached hydrogens (tertiary/aromatic N) is 3. The third-order valence-electron chi connectivity index (χ3n) is 3.52. The van der Waals surface area contributed by atoms with Crippen molar-refractivity contribution < 1.29 is 4.79 Å². The van der Waals surface area contributed by atoms with Crippen molar-refractivity contribution in [3.8, 4) is 11.1 Å². The molecule has 2 heterocycles. The minimum absolute atomic E-state index is 0.135. The summed E-state index contributed by atoms with van der Waals surface area (Å²) in [5.41, 5.74) is 2.73. The zero-order chi connectivity index (χ0) is 15.5. The van der Waals surface area contributed by atoms with Gasteiger partial charge in [0.05, 0.1) is 11.6 Å². The van der Waals surface area contributed by atoms with Crippen LogP contribution in [0.4, 0.5) is 5.82 Å². The van der Waals surface area contributed by atoms with Gasteiger partial charge in [-0.1, -0.05) is 6.07 Å². The van der Waals surface area contributed by atoms with E-state index in [0.29, 0.717) is 5.82 Å². The molecule has 0 bridgehead atoms. The van der Waals surface area contributed by atoms with Gasteiger partial charge in [0.1, 0.15) is 6.33 Å². The maximum atomic E-state index is 12.0. The van der Waals surface area contributed by atoms with Crippen molar-refractivity contribution in [2.24, 2.45) is 0 Å². The summed E-state index contributed by atoms with van der Waals surface area (Å²) < 4.78 is 0. The summed E-state index contributed by atoms with van der Waals surface area (Å²) in [5, 5.41) is 13.6. The Morgan fingerprint density at radius 2 is 2.00 bits per heavy atom. The van der Waals surface area contributed by atoms with E-state index in [1.54, 1.807) is 26.4 Å². The minimum Gasteiger partial charge on any atom is -0.309 e. The largest absolute Gasteiger partial charge is 0.309 e. The van der Waals surface area contributed by atoms with Gasteiger partial charge in [-0.3, -0.25) is 9.89 Å². The molecule has 0 aliphatic carbocycles. The summed E-state index contributed by atoms with van der Waals surface area (Å²) in [6, 6.07) is 5.54. The molecule has 1 unspecified atom stereocenters. The van der Waals surface area contributed by atoms with E-state index in [0.717, 1.165) is 22.0 Å². The van der Waals surface area contributed by atoms with Crippen molar-refractivity contribution in [3.05, 3.63) is 36.9 Å². The first-order valence-electron chi connectivity index (χ1n) is 6.90. The van der Waals surface area contributed by atoms with Crippen molar-refractivity contribution in [2.45, 2.75) is 13.0 Å². The Bertz CT molecular complexity index is 798. The van der Waals surface area contributed by atoms with Crippen LogP contribution in [0.2, 0.25) is 0 Å². The number of nitrogens with one attached hydrogen (secondary N) is 3. The van der Waals surface area contributed by atoms with Gasteiger partial charge in [0, 0.05) is 23.3 Å². The van der Waals surface area contributed by atoms with Gasteiger partial charge < -0.3 is 10.6 Å². The molecule has 3 N–H and O–H groups in total. The summed E-state index contributed by atoms with van der Waals surface area (Å²) in [4.78, 5) is 20.0. The summed E-state index contributed by atoms with van der Waals surface area (Å²) in [6.45, 7) is 1.79. The Labute approximate surface area is 127 Å². The van der Waals surface area contributed by atoms with Gasteiger partial charge in [-0.15, -0.1) is 0 Å². The van der Waals surface area contributed by atoms with E-state index in [9.17, 15) is 4.79 Å². The van der Waals surface area contributed by atoms with E-state index in [1.165, 1.54) is 6.33 Å². The SMILES string of the molecule is CNC(C)C(=O)Nc1n[nH]c2ccc(-c3cncnc3)cc12. The standard InChI is InChI=1S/C15H16N6O/c1-9(16-2)15(22)19-14-12-5-10(3-4-13(12)20-21-14)11-6-17-8-18-7-11/h3-9,16H,1-2H3,(H2,19,20,21,22). The molecule has 22 heavy (non-hydrogen) atoms. The average Bonchev–Trinajstić information content (AvgIpc) is 2.97. The molecule has 0 radical (unpaired) electrons. The molecule has 0 fully saturated rings. The van der Waals surface area contributed by atoms with Crippen molar-refractivity contribution >= 4 is 22.6 Å². The first kappa shape index (κ1) is 14.2. The molecule has 3 aromatic rings. The zero-order valence-corrected chi connectivity index (χ0v) is 12.3. The van der Waals surface area contributed by atoms with Crippen molar-refractivity contribution in [3.63, 3.8) is 0 Å². The number of H-pyrrole nitrogens is 1. The van der Waals surface area contributed by atoms with Gasteiger partial charge in [0.2, 0.25) is 5.91 Å². The van der Waals surface area contributed by atoms with Crippen LogP contribution in [-0.4, -0.2) is 39.2 Å². The lowest BCUT2D eigenvalue weighted by Gasteiger charge is -2.09. The first-order valence-corrected chi connectivity index (χ1v) is 6.90. The molecule has 0 saturated heterocycles. The van der Waals surface area contributed by atoms with Crippen LogP contribution in [-0.2, 0) is 4.79 Å². The molecule has 0 saturated carbocycles. The third kappa shape index (κ3) is 2.66. The Morgan fingerprint density at radius 3 is 2.73 bits per heavy atom. The fourth-order valence-electron chi connectivity index (χ4n) is 2.09. The van der Waals surface area contributed by atoms with Crippen molar-refractivity contribution in [1.29, 1.82) is 0 Å². The highest BCUT2D eigenvalue weighted by molar-refractivity contribution is 6.02. The number of carbonyl (C=O) groups is 1. The fourth-order valence-corrected chi connectivity index (χ4v) is 2.09. The van der Waals surface area contributed by atoms with E-state index in [-0.39, 0.29) is 11.9 Å². The quantitative estimate of drug-likeness (QED) is 0.679. The average molecular weight is 296 g/mol. The number of hydrogen-bond donors (Lipinski definition) is 3. The molecule has 1 atom stereocenters. The molecule has 0 spiro atoms. The first-order chi connectivity index (χ1) is 10.7. The number of likely N-dealkylation sites (N-methyl/N-ethyl adjacent to an activating group) is 1. The van der Waals surface area contributed by atoms with Crippen LogP contribution in [0.25, 0.3) is 22.0 Å². The smallest absolute Gasteiger partial charge is 0.242 e. The highest BCUT2D eigenvalue weighted by Crippen LogP contribution is 2.26. The van der Waals surface area contributed by atoms with E-state index in [4.69, 9.17) is 0 Å². The highest BCUT2D eigenvalue weighted by Gasteiger charge is 2.14. The Hall–Kier alpha value is -2.80. The fraction of sp³-hybridized carbons (Fsp3) is 0.200. The number of anilines is 1. The zero-order valence-electron chi connectivity index (χ0n) is 12.3. The normalized spacial score (nSPS) is 12.3. The van der Waals surface area contributed by atoms with Gasteiger partial charge in [-0.2, -0.15) is 5.10 Å². The third-order valence-corrected chi connectivity index (χ3v) is 3.52. The van der Waals surface area contributed by atoms with E-state index >= 15 is 0 Å². The number of aromatic amines is 1. The van der Waals surface area contributed by atoms with Crippen LogP contribution in [0.15, 0.2) is 36.9 Å². The number of amides is 1. The van der Waals surface area contributed by atoms with Gasteiger partial charge in [-0.25, -0.2) is 9.97 Å². The van der Waals surface area contributed by atoms with Crippen LogP contribution in [0, 0.1) is 0 Å². The maximum Gasteiger partial charge on any atom is 0.242 e. The second-order valence-corrected chi connectivity index (χ2v) is 4.96. The van der Waals surface area contributed by atoms with Gasteiger partial charge in [0.15, 0.2) is 5.82 Å². The van der Waals surface area contributed by atoms with E-state index in [1.807, 2.05) is 18.2 Å². The molecular formula is C15H16N6O. The number of hydrogen-bond acceptors (Lipinski definition) is 5. The van der Waals surface area contributed by atoms with Gasteiger partial charge in [0.25, 0.3) is 0 Å². The molecule has 0 aliphatic heterocycles. The van der Waals surface area contributed by atoms with Crippen LogP contribution in [0.3, 0.4) is 0 Å². The molecule has 0 aliphatic rings. The topological polar surface area (TPSA) is 95.6 Å². The predicted molar refractivity (Wildman–Crippen MR) is 84.3 cm³/mol. The lowest BCUT2D eigenvalue weighted by Crippen LogP contribution is -2.35. The molecule has 1 amide bonds. The number of benzene rings is 1. The second kappa shape index (κ2) is 5.90. The molecule has 1 aromatic carbocycles. The second-order valence-electron chi connectivity index (χ2n) is 4.96. The summed E-state index contributed by atoms with van der Waals surface area (Å²) >= 11 is 0. The summed E-state index contributed by atoms with van der Waals surface area (Å²) in [7, 11) is 1.74. The molecule has 7 nitrogen and oxygen atoms in total. The van der Waals surface area contributed by atoms with Crippen LogP contribution < -0.4 is 10.6 Å². The minimum atomic E-state index is -0.294. The Kier molecular flexibility index (Phi) is 3.80. The molecular weight excluding hydrogens is 280 g/mol. The van der Waals surface area contributed by atoms with Gasteiger partial charge in [-0.05, 0) is 31.7 Å². The van der Waals surface area contributed by atoms with E-state index in [2.05, 4.69) is 30.8 Å². The maximum absolute atomic E-state index is 12.0. The van der Waals surface area contributed by atoms with Crippen molar-refractivity contribution in [2.75, 3.05) is 12.4 Å². The molecule has 2 aromatic heterocycles. The lowest BCUT2D eigenvalue weighted by atomic mass is 10.1. The molecule has 3 rings (SSSR count). The number of aromatic nitrogens is 4.